The van der Waals surface area contributed by atoms with Crippen LogP contribution in [-0.2, 0) is 13.1 Å². The van der Waals surface area contributed by atoms with E-state index < -0.39 is 0 Å². The van der Waals surface area contributed by atoms with Crippen molar-refractivity contribution in [2.75, 3.05) is 13.7 Å². The Morgan fingerprint density at radius 1 is 1.40 bits per heavy atom. The lowest BCUT2D eigenvalue weighted by Crippen LogP contribution is -2.19. The maximum absolute atomic E-state index is 8.84. The van der Waals surface area contributed by atoms with Crippen molar-refractivity contribution >= 4 is 0 Å². The van der Waals surface area contributed by atoms with E-state index in [2.05, 4.69) is 22.6 Å². The fourth-order valence-electron chi connectivity index (χ4n) is 2.02. The zero-order chi connectivity index (χ0) is 14.4. The molecule has 0 radical (unpaired) electrons. The number of rotatable bonds is 7. The summed E-state index contributed by atoms with van der Waals surface area (Å²) in [6.07, 6.45) is 1.83. The van der Waals surface area contributed by atoms with Crippen molar-refractivity contribution in [2.24, 2.45) is 0 Å². The molecule has 0 saturated heterocycles. The van der Waals surface area contributed by atoms with E-state index in [-0.39, 0.29) is 12.6 Å². The second kappa shape index (κ2) is 7.02. The van der Waals surface area contributed by atoms with E-state index in [1.807, 2.05) is 30.5 Å². The summed E-state index contributed by atoms with van der Waals surface area (Å²) in [5.74, 6) is 0.872. The lowest BCUT2D eigenvalue weighted by molar-refractivity contribution is 0.268. The Morgan fingerprint density at radius 2 is 2.20 bits per heavy atom. The summed E-state index contributed by atoms with van der Waals surface area (Å²) in [6, 6.07) is 8.09. The lowest BCUT2D eigenvalue weighted by Gasteiger charge is -2.16. The highest BCUT2D eigenvalue weighted by molar-refractivity contribution is 5.35. The van der Waals surface area contributed by atoms with Crippen LogP contribution >= 0.6 is 0 Å². The number of methoxy groups -OCH3 is 1. The van der Waals surface area contributed by atoms with E-state index in [9.17, 15) is 0 Å². The first-order chi connectivity index (χ1) is 9.74. The Bertz CT molecular complexity index is 541. The molecule has 108 valence electrons. The zero-order valence-corrected chi connectivity index (χ0v) is 11.8. The van der Waals surface area contributed by atoms with Crippen LogP contribution in [0.3, 0.4) is 0 Å². The molecule has 0 fully saturated rings. The number of aliphatic hydroxyl groups excluding tert-OH is 1. The molecule has 6 nitrogen and oxygen atoms in total. The third-order valence-electron chi connectivity index (χ3n) is 3.11. The number of hydrogen-bond donors (Lipinski definition) is 2. The highest BCUT2D eigenvalue weighted by atomic mass is 16.5. The molecule has 0 amide bonds. The molecule has 0 unspecified atom stereocenters. The van der Waals surface area contributed by atoms with Gasteiger partial charge in [0, 0.05) is 24.3 Å². The van der Waals surface area contributed by atoms with Crippen molar-refractivity contribution in [3.8, 4) is 5.75 Å². The summed E-state index contributed by atoms with van der Waals surface area (Å²) in [6.45, 7) is 3.23. The number of aromatic nitrogens is 3. The maximum atomic E-state index is 8.84. The van der Waals surface area contributed by atoms with Crippen LogP contribution in [0.25, 0.3) is 0 Å². The summed E-state index contributed by atoms with van der Waals surface area (Å²) in [5.41, 5.74) is 1.96. The van der Waals surface area contributed by atoms with E-state index in [0.29, 0.717) is 13.1 Å². The number of nitrogens with one attached hydrogen (secondary N) is 1. The van der Waals surface area contributed by atoms with Gasteiger partial charge < -0.3 is 15.2 Å². The summed E-state index contributed by atoms with van der Waals surface area (Å²) in [4.78, 5) is 0. The number of hydrogen-bond acceptors (Lipinski definition) is 5. The minimum atomic E-state index is 0.0633. The number of nitrogens with zero attached hydrogens (tertiary/aromatic N) is 3. The Kier molecular flexibility index (Phi) is 5.09. The zero-order valence-electron chi connectivity index (χ0n) is 11.8. The predicted molar refractivity (Wildman–Crippen MR) is 75.4 cm³/mol. The van der Waals surface area contributed by atoms with Crippen molar-refractivity contribution in [2.45, 2.75) is 26.1 Å². The van der Waals surface area contributed by atoms with Gasteiger partial charge >= 0.3 is 0 Å². The summed E-state index contributed by atoms with van der Waals surface area (Å²) in [7, 11) is 1.67. The average molecular weight is 276 g/mol. The van der Waals surface area contributed by atoms with Crippen LogP contribution in [0.5, 0.6) is 5.75 Å². The predicted octanol–water partition coefficient (Wildman–Crippen LogP) is 1.13. The van der Waals surface area contributed by atoms with Crippen LogP contribution < -0.4 is 10.1 Å². The van der Waals surface area contributed by atoms with Gasteiger partial charge in [-0.15, -0.1) is 5.10 Å². The minimum absolute atomic E-state index is 0.0633. The van der Waals surface area contributed by atoms with Crippen molar-refractivity contribution < 1.29 is 9.84 Å². The molecule has 2 N–H and O–H groups in total. The van der Waals surface area contributed by atoms with E-state index in [1.165, 1.54) is 0 Å². The molecule has 0 spiro atoms. The largest absolute Gasteiger partial charge is 0.496 e. The van der Waals surface area contributed by atoms with E-state index in [0.717, 1.165) is 17.0 Å². The first kappa shape index (κ1) is 14.5. The molecule has 6 heteroatoms. The molecule has 2 aromatic rings. The molecule has 1 aromatic heterocycles. The van der Waals surface area contributed by atoms with E-state index in [4.69, 9.17) is 9.84 Å². The molecule has 1 heterocycles. The molecular formula is C14H20N4O2. The topological polar surface area (TPSA) is 72.2 Å². The van der Waals surface area contributed by atoms with Gasteiger partial charge in [-0.1, -0.05) is 23.4 Å². The van der Waals surface area contributed by atoms with E-state index >= 15 is 0 Å². The first-order valence-corrected chi connectivity index (χ1v) is 6.60. The van der Waals surface area contributed by atoms with Crippen molar-refractivity contribution in [1.82, 2.24) is 20.3 Å². The van der Waals surface area contributed by atoms with Crippen molar-refractivity contribution in [3.63, 3.8) is 0 Å². The summed E-state index contributed by atoms with van der Waals surface area (Å²) < 4.78 is 6.98. The van der Waals surface area contributed by atoms with Crippen LogP contribution in [0.4, 0.5) is 0 Å². The Balaban J connectivity index is 1.95. The number of para-hydroxylation sites is 1. The number of ether oxygens (including phenoxy) is 1. The van der Waals surface area contributed by atoms with Crippen molar-refractivity contribution in [3.05, 3.63) is 41.7 Å². The lowest BCUT2D eigenvalue weighted by atomic mass is 10.1. The molecule has 0 aliphatic rings. The highest BCUT2D eigenvalue weighted by Crippen LogP contribution is 2.24. The van der Waals surface area contributed by atoms with Gasteiger partial charge in [-0.05, 0) is 13.0 Å². The Morgan fingerprint density at radius 3 is 2.95 bits per heavy atom. The maximum Gasteiger partial charge on any atom is 0.123 e. The second-order valence-electron chi connectivity index (χ2n) is 4.54. The van der Waals surface area contributed by atoms with Gasteiger partial charge in [0.25, 0.3) is 0 Å². The normalized spacial score (nSPS) is 12.3. The summed E-state index contributed by atoms with van der Waals surface area (Å²) in [5, 5.41) is 20.2. The van der Waals surface area contributed by atoms with Crippen LogP contribution in [0.2, 0.25) is 0 Å². The number of aliphatic hydroxyl groups is 1. The fraction of sp³-hybridized carbons (Fsp3) is 0.429. The van der Waals surface area contributed by atoms with Gasteiger partial charge in [-0.3, -0.25) is 0 Å². The highest BCUT2D eigenvalue weighted by Gasteiger charge is 2.11. The molecule has 1 atom stereocenters. The second-order valence-corrected chi connectivity index (χ2v) is 4.54. The SMILES string of the molecule is COc1ccccc1[C@H](C)NCc1cn(CCO)nn1. The van der Waals surface area contributed by atoms with Crippen LogP contribution in [-0.4, -0.2) is 33.8 Å². The Hall–Kier alpha value is -1.92. The molecule has 2 rings (SSSR count). The smallest absolute Gasteiger partial charge is 0.123 e. The monoisotopic (exact) mass is 276 g/mol. The van der Waals surface area contributed by atoms with E-state index in [1.54, 1.807) is 11.8 Å². The minimum Gasteiger partial charge on any atom is -0.496 e. The number of benzene rings is 1. The van der Waals surface area contributed by atoms with Crippen LogP contribution in [0.15, 0.2) is 30.5 Å². The van der Waals surface area contributed by atoms with Crippen LogP contribution in [0, 0.1) is 0 Å². The molecule has 0 saturated carbocycles. The molecule has 20 heavy (non-hydrogen) atoms. The van der Waals surface area contributed by atoms with Crippen LogP contribution in [0.1, 0.15) is 24.2 Å². The third kappa shape index (κ3) is 3.55. The molecule has 1 aromatic carbocycles. The molecule has 0 aliphatic heterocycles. The molecular weight excluding hydrogens is 256 g/mol. The van der Waals surface area contributed by atoms with Crippen molar-refractivity contribution in [1.29, 1.82) is 0 Å². The first-order valence-electron chi connectivity index (χ1n) is 6.60. The van der Waals surface area contributed by atoms with Gasteiger partial charge in [0.05, 0.1) is 26.0 Å². The van der Waals surface area contributed by atoms with Gasteiger partial charge in [0.15, 0.2) is 0 Å². The fourth-order valence-corrected chi connectivity index (χ4v) is 2.02. The van der Waals surface area contributed by atoms with Gasteiger partial charge in [-0.25, -0.2) is 4.68 Å². The third-order valence-corrected chi connectivity index (χ3v) is 3.11. The standard InChI is InChI=1S/C14H20N4O2/c1-11(13-5-3-4-6-14(13)20-2)15-9-12-10-18(7-8-19)17-16-12/h3-6,10-11,15,19H,7-9H2,1-2H3/t11-/m0/s1. The Labute approximate surface area is 118 Å². The average Bonchev–Trinajstić information content (AvgIpc) is 2.93. The molecule has 0 aliphatic carbocycles. The summed E-state index contributed by atoms with van der Waals surface area (Å²) >= 11 is 0. The van der Waals surface area contributed by atoms with Gasteiger partial charge in [0.1, 0.15) is 5.75 Å². The quantitative estimate of drug-likeness (QED) is 0.793. The van der Waals surface area contributed by atoms with Gasteiger partial charge in [-0.2, -0.15) is 0 Å². The molecule has 0 bridgehead atoms. The van der Waals surface area contributed by atoms with Gasteiger partial charge in [0.2, 0.25) is 0 Å².